The number of nitrogens with zero attached hydrogens (tertiary/aromatic N) is 2. The second-order valence-corrected chi connectivity index (χ2v) is 3.28. The molecule has 0 amide bonds. The molecule has 4 nitrogen and oxygen atoms in total. The Morgan fingerprint density at radius 2 is 2.38 bits per heavy atom. The molecule has 1 atom stereocenters. The number of rotatable bonds is 2. The molecule has 3 N–H and O–H groups in total. The summed E-state index contributed by atoms with van der Waals surface area (Å²) in [5.74, 6) is 3.33. The molecular weight excluding hydrogens is 232 g/mol. The number of nitrogens with one attached hydrogen (secondary N) is 1. The molecular formula is C8H9BrN4. The molecule has 0 aromatic carbocycles. The molecule has 1 aromatic rings. The largest absolute Gasteiger partial charge is 0.383 e. The van der Waals surface area contributed by atoms with E-state index in [-0.39, 0.29) is 6.04 Å². The lowest BCUT2D eigenvalue weighted by Crippen LogP contribution is -2.15. The first-order valence-corrected chi connectivity index (χ1v) is 4.44. The van der Waals surface area contributed by atoms with Crippen LogP contribution in [0, 0.1) is 12.3 Å². The molecule has 0 saturated heterocycles. The molecule has 0 aliphatic heterocycles. The number of halogens is 1. The Morgan fingerprint density at radius 3 is 2.92 bits per heavy atom. The summed E-state index contributed by atoms with van der Waals surface area (Å²) in [5.41, 5.74) is 5.50. The van der Waals surface area contributed by atoms with Crippen molar-refractivity contribution in [3.63, 3.8) is 0 Å². The summed E-state index contributed by atoms with van der Waals surface area (Å²) in [6.45, 7) is 1.83. The second kappa shape index (κ2) is 4.10. The number of hydrogen-bond donors (Lipinski definition) is 2. The van der Waals surface area contributed by atoms with Gasteiger partial charge in [0.15, 0.2) is 0 Å². The van der Waals surface area contributed by atoms with Gasteiger partial charge in [-0.3, -0.25) is 0 Å². The topological polar surface area (TPSA) is 63.8 Å². The number of nitrogens with two attached hydrogens (primary N) is 1. The fraction of sp³-hybridized carbons (Fsp3) is 0.250. The van der Waals surface area contributed by atoms with Crippen LogP contribution < -0.4 is 11.1 Å². The lowest BCUT2D eigenvalue weighted by Gasteiger charge is -2.07. The minimum atomic E-state index is -0.117. The van der Waals surface area contributed by atoms with Crippen molar-refractivity contribution in [2.24, 2.45) is 0 Å². The van der Waals surface area contributed by atoms with E-state index in [1.54, 1.807) is 6.07 Å². The molecule has 0 bridgehead atoms. The maximum Gasteiger partial charge on any atom is 0.226 e. The number of hydrogen-bond acceptors (Lipinski definition) is 4. The maximum absolute atomic E-state index is 5.50. The Bertz CT molecular complexity index is 324. The first-order valence-electron chi connectivity index (χ1n) is 3.64. The van der Waals surface area contributed by atoms with Crippen LogP contribution in [0.4, 0.5) is 11.8 Å². The summed E-state index contributed by atoms with van der Waals surface area (Å²) in [6.07, 6.45) is 5.18. The molecule has 0 fully saturated rings. The van der Waals surface area contributed by atoms with Gasteiger partial charge in [0.1, 0.15) is 10.4 Å². The number of aromatic nitrogens is 2. The Morgan fingerprint density at radius 1 is 1.69 bits per heavy atom. The number of nitrogen functional groups attached to an aromatic ring is 1. The van der Waals surface area contributed by atoms with Crippen molar-refractivity contribution >= 4 is 27.7 Å². The van der Waals surface area contributed by atoms with Gasteiger partial charge in [-0.15, -0.1) is 6.42 Å². The van der Waals surface area contributed by atoms with Crippen LogP contribution in [-0.2, 0) is 0 Å². The fourth-order valence-electron chi connectivity index (χ4n) is 0.735. The summed E-state index contributed by atoms with van der Waals surface area (Å²) >= 11 is 3.20. The van der Waals surface area contributed by atoms with Crippen molar-refractivity contribution in [3.8, 4) is 12.3 Å². The van der Waals surface area contributed by atoms with Crippen molar-refractivity contribution in [2.45, 2.75) is 13.0 Å². The van der Waals surface area contributed by atoms with E-state index in [2.05, 4.69) is 37.1 Å². The fourth-order valence-corrected chi connectivity index (χ4v) is 1.14. The molecule has 1 heterocycles. The Labute approximate surface area is 85.1 Å². The molecule has 5 heteroatoms. The summed E-state index contributed by atoms with van der Waals surface area (Å²) in [5, 5.41) is 2.90. The van der Waals surface area contributed by atoms with E-state index < -0.39 is 0 Å². The van der Waals surface area contributed by atoms with Crippen LogP contribution in [0.2, 0.25) is 0 Å². The highest BCUT2D eigenvalue weighted by Gasteiger charge is 2.02. The molecule has 1 unspecified atom stereocenters. The van der Waals surface area contributed by atoms with Crippen molar-refractivity contribution in [1.29, 1.82) is 0 Å². The molecule has 0 radical (unpaired) electrons. The highest BCUT2D eigenvalue weighted by Crippen LogP contribution is 2.12. The van der Waals surface area contributed by atoms with Crippen LogP contribution in [0.3, 0.4) is 0 Å². The first kappa shape index (κ1) is 9.81. The Hall–Kier alpha value is -1.28. The molecule has 68 valence electrons. The number of anilines is 2. The Balaban J connectivity index is 2.84. The van der Waals surface area contributed by atoms with Crippen molar-refractivity contribution in [2.75, 3.05) is 11.1 Å². The van der Waals surface area contributed by atoms with Crippen molar-refractivity contribution in [1.82, 2.24) is 9.97 Å². The summed E-state index contributed by atoms with van der Waals surface area (Å²) in [4.78, 5) is 7.99. The van der Waals surface area contributed by atoms with Gasteiger partial charge in [-0.1, -0.05) is 5.92 Å². The lowest BCUT2D eigenvalue weighted by atomic mass is 10.4. The van der Waals surface area contributed by atoms with Gasteiger partial charge in [0, 0.05) is 6.07 Å². The van der Waals surface area contributed by atoms with Gasteiger partial charge in [0.25, 0.3) is 0 Å². The normalized spacial score (nSPS) is 11.8. The SMILES string of the molecule is C#CC(C)Nc1nc(N)cc(Br)n1. The van der Waals surface area contributed by atoms with Gasteiger partial charge in [-0.25, -0.2) is 4.98 Å². The van der Waals surface area contributed by atoms with Crippen LogP contribution in [0.1, 0.15) is 6.92 Å². The Kier molecular flexibility index (Phi) is 3.09. The monoisotopic (exact) mass is 240 g/mol. The second-order valence-electron chi connectivity index (χ2n) is 2.47. The van der Waals surface area contributed by atoms with Gasteiger partial charge < -0.3 is 11.1 Å². The van der Waals surface area contributed by atoms with Gasteiger partial charge in [0.05, 0.1) is 6.04 Å². The van der Waals surface area contributed by atoms with E-state index in [4.69, 9.17) is 12.2 Å². The zero-order chi connectivity index (χ0) is 9.84. The standard InChI is InChI=1S/C8H9BrN4/c1-3-5(2)11-8-12-6(9)4-7(10)13-8/h1,4-5H,2H3,(H3,10,11,12,13). The van der Waals surface area contributed by atoms with Crippen LogP contribution in [0.5, 0.6) is 0 Å². The average molecular weight is 241 g/mol. The predicted octanol–water partition coefficient (Wildman–Crippen LogP) is 1.25. The maximum atomic E-state index is 5.50. The van der Waals surface area contributed by atoms with E-state index in [1.807, 2.05) is 6.92 Å². The van der Waals surface area contributed by atoms with E-state index in [9.17, 15) is 0 Å². The highest BCUT2D eigenvalue weighted by atomic mass is 79.9. The van der Waals surface area contributed by atoms with Gasteiger partial charge in [0.2, 0.25) is 5.95 Å². The van der Waals surface area contributed by atoms with Crippen molar-refractivity contribution in [3.05, 3.63) is 10.7 Å². The molecule has 0 aliphatic rings. The number of terminal acetylenes is 1. The molecule has 0 aliphatic carbocycles. The summed E-state index contributed by atoms with van der Waals surface area (Å²) < 4.78 is 0.631. The minimum Gasteiger partial charge on any atom is -0.383 e. The first-order chi connectivity index (χ1) is 6.11. The average Bonchev–Trinajstić information content (AvgIpc) is 2.02. The predicted molar refractivity (Wildman–Crippen MR) is 56.1 cm³/mol. The van der Waals surface area contributed by atoms with E-state index in [1.165, 1.54) is 0 Å². The van der Waals surface area contributed by atoms with Crippen LogP contribution >= 0.6 is 15.9 Å². The molecule has 1 aromatic heterocycles. The zero-order valence-electron chi connectivity index (χ0n) is 7.08. The smallest absolute Gasteiger partial charge is 0.226 e. The van der Waals surface area contributed by atoms with E-state index in [0.29, 0.717) is 16.4 Å². The third-order valence-corrected chi connectivity index (χ3v) is 1.72. The molecule has 13 heavy (non-hydrogen) atoms. The molecule has 0 spiro atoms. The van der Waals surface area contributed by atoms with Gasteiger partial charge in [-0.05, 0) is 22.9 Å². The lowest BCUT2D eigenvalue weighted by molar-refractivity contribution is 0.979. The quantitative estimate of drug-likeness (QED) is 0.604. The van der Waals surface area contributed by atoms with Crippen LogP contribution in [0.25, 0.3) is 0 Å². The van der Waals surface area contributed by atoms with Crippen molar-refractivity contribution < 1.29 is 0 Å². The minimum absolute atomic E-state index is 0.117. The third kappa shape index (κ3) is 2.92. The van der Waals surface area contributed by atoms with Crippen LogP contribution in [-0.4, -0.2) is 16.0 Å². The van der Waals surface area contributed by atoms with Gasteiger partial charge in [-0.2, -0.15) is 4.98 Å². The summed E-state index contributed by atoms with van der Waals surface area (Å²) in [7, 11) is 0. The zero-order valence-corrected chi connectivity index (χ0v) is 8.67. The molecule has 0 saturated carbocycles. The third-order valence-electron chi connectivity index (χ3n) is 1.31. The van der Waals surface area contributed by atoms with E-state index >= 15 is 0 Å². The molecule has 1 rings (SSSR count). The van der Waals surface area contributed by atoms with Crippen LogP contribution in [0.15, 0.2) is 10.7 Å². The van der Waals surface area contributed by atoms with E-state index in [0.717, 1.165) is 0 Å². The van der Waals surface area contributed by atoms with Gasteiger partial charge >= 0.3 is 0 Å². The highest BCUT2D eigenvalue weighted by molar-refractivity contribution is 9.10. The summed E-state index contributed by atoms with van der Waals surface area (Å²) in [6, 6.07) is 1.50.